The molecule has 0 unspecified atom stereocenters. The average molecular weight is 325 g/mol. The quantitative estimate of drug-likeness (QED) is 0.836. The van der Waals surface area contributed by atoms with E-state index >= 15 is 0 Å². The zero-order valence-electron chi connectivity index (χ0n) is 15.0. The molecule has 2 atom stereocenters. The van der Waals surface area contributed by atoms with E-state index < -0.39 is 5.41 Å². The van der Waals surface area contributed by atoms with Crippen molar-refractivity contribution in [2.24, 2.45) is 0 Å². The molecule has 2 aromatic rings. The minimum Gasteiger partial charge on any atom is -0.508 e. The van der Waals surface area contributed by atoms with Crippen LogP contribution in [0.15, 0.2) is 54.6 Å². The van der Waals surface area contributed by atoms with E-state index in [-0.39, 0.29) is 17.6 Å². The van der Waals surface area contributed by atoms with Crippen LogP contribution in [0, 0.1) is 0 Å². The van der Waals surface area contributed by atoms with E-state index in [1.165, 1.54) is 0 Å². The number of nitrogens with zero attached hydrogens (tertiary/aromatic N) is 1. The minimum absolute atomic E-state index is 0.202. The number of benzene rings is 2. The fourth-order valence-electron chi connectivity index (χ4n) is 3.23. The second-order valence-electron chi connectivity index (χ2n) is 6.61. The van der Waals surface area contributed by atoms with Crippen LogP contribution >= 0.6 is 0 Å². The first kappa shape index (κ1) is 18.2. The van der Waals surface area contributed by atoms with Crippen LogP contribution in [0.1, 0.15) is 37.8 Å². The van der Waals surface area contributed by atoms with Gasteiger partial charge in [0.2, 0.25) is 0 Å². The molecule has 0 amide bonds. The first-order valence-corrected chi connectivity index (χ1v) is 8.46. The Morgan fingerprint density at radius 1 is 1.04 bits per heavy atom. The highest BCUT2D eigenvalue weighted by atomic mass is 16.3. The predicted octanol–water partition coefficient (Wildman–Crippen LogP) is 4.00. The molecule has 0 fully saturated rings. The smallest absolute Gasteiger partial charge is 0.147 e. The molecule has 24 heavy (non-hydrogen) atoms. The molecule has 0 aliphatic carbocycles. The van der Waals surface area contributed by atoms with Crippen molar-refractivity contribution >= 4 is 5.78 Å². The van der Waals surface area contributed by atoms with Crippen LogP contribution < -0.4 is 0 Å². The van der Waals surface area contributed by atoms with E-state index in [1.54, 1.807) is 12.1 Å². The van der Waals surface area contributed by atoms with Gasteiger partial charge in [0, 0.05) is 12.5 Å². The molecular formula is C21H27NO2. The number of hydrogen-bond donors (Lipinski definition) is 1. The number of carbonyl (C=O) groups is 1. The maximum absolute atomic E-state index is 13.2. The number of aromatic hydroxyl groups is 1. The van der Waals surface area contributed by atoms with Crippen molar-refractivity contribution in [2.75, 3.05) is 14.1 Å². The summed E-state index contributed by atoms with van der Waals surface area (Å²) < 4.78 is 0. The Bertz CT molecular complexity index is 664. The Balaban J connectivity index is 2.68. The topological polar surface area (TPSA) is 40.5 Å². The van der Waals surface area contributed by atoms with Gasteiger partial charge < -0.3 is 10.0 Å². The highest BCUT2D eigenvalue weighted by molar-refractivity contribution is 5.93. The molecule has 3 heteroatoms. The van der Waals surface area contributed by atoms with Gasteiger partial charge in [-0.05, 0) is 50.7 Å². The summed E-state index contributed by atoms with van der Waals surface area (Å²) >= 11 is 0. The van der Waals surface area contributed by atoms with Gasteiger partial charge in [0.05, 0.1) is 5.41 Å². The van der Waals surface area contributed by atoms with E-state index in [1.807, 2.05) is 63.5 Å². The third kappa shape index (κ3) is 3.51. The highest BCUT2D eigenvalue weighted by Gasteiger charge is 2.41. The summed E-state index contributed by atoms with van der Waals surface area (Å²) in [4.78, 5) is 15.3. The Morgan fingerprint density at radius 3 is 2.08 bits per heavy atom. The first-order valence-electron chi connectivity index (χ1n) is 8.46. The van der Waals surface area contributed by atoms with Crippen molar-refractivity contribution < 1.29 is 9.90 Å². The van der Waals surface area contributed by atoms with Crippen molar-refractivity contribution in [1.29, 1.82) is 0 Å². The highest BCUT2D eigenvalue weighted by Crippen LogP contribution is 2.40. The summed E-state index contributed by atoms with van der Waals surface area (Å²) in [7, 11) is 4.07. The van der Waals surface area contributed by atoms with Gasteiger partial charge in [-0.25, -0.2) is 0 Å². The van der Waals surface area contributed by atoms with Crippen LogP contribution in [0.25, 0.3) is 0 Å². The molecule has 0 radical (unpaired) electrons. The summed E-state index contributed by atoms with van der Waals surface area (Å²) in [5, 5.41) is 9.67. The fourth-order valence-corrected chi connectivity index (χ4v) is 3.23. The summed E-state index contributed by atoms with van der Waals surface area (Å²) in [6.45, 7) is 4.06. The van der Waals surface area contributed by atoms with Gasteiger partial charge in [0.15, 0.2) is 0 Å². The summed E-state index contributed by atoms with van der Waals surface area (Å²) in [5.74, 6) is 0.415. The minimum atomic E-state index is -0.701. The van der Waals surface area contributed by atoms with Gasteiger partial charge >= 0.3 is 0 Å². The zero-order chi connectivity index (χ0) is 17.7. The monoisotopic (exact) mass is 325 g/mol. The van der Waals surface area contributed by atoms with Crippen molar-refractivity contribution in [3.63, 3.8) is 0 Å². The number of Topliss-reactive ketones (excluding diaryl/α,β-unsaturated/α-hetero) is 1. The van der Waals surface area contributed by atoms with Crippen LogP contribution in [-0.2, 0) is 10.2 Å². The maximum atomic E-state index is 13.2. The molecule has 0 heterocycles. The number of rotatable bonds is 7. The van der Waals surface area contributed by atoms with Gasteiger partial charge in [-0.3, -0.25) is 4.79 Å². The van der Waals surface area contributed by atoms with Gasteiger partial charge in [-0.15, -0.1) is 0 Å². The van der Waals surface area contributed by atoms with Crippen molar-refractivity contribution in [3.05, 3.63) is 65.7 Å². The lowest BCUT2D eigenvalue weighted by Crippen LogP contribution is -2.42. The van der Waals surface area contributed by atoms with Crippen LogP contribution in [0.2, 0.25) is 0 Å². The molecule has 2 rings (SSSR count). The zero-order valence-corrected chi connectivity index (χ0v) is 15.0. The molecule has 128 valence electrons. The summed E-state index contributed by atoms with van der Waals surface area (Å²) in [6, 6.07) is 17.3. The van der Waals surface area contributed by atoms with Gasteiger partial charge in [0.1, 0.15) is 11.5 Å². The Labute approximate surface area is 144 Å². The van der Waals surface area contributed by atoms with Crippen LogP contribution in [0.5, 0.6) is 5.75 Å². The van der Waals surface area contributed by atoms with E-state index in [2.05, 4.69) is 11.8 Å². The Hall–Kier alpha value is -2.13. The van der Waals surface area contributed by atoms with Crippen molar-refractivity contribution in [1.82, 2.24) is 4.90 Å². The summed E-state index contributed by atoms with van der Waals surface area (Å²) in [6.07, 6.45) is 1.16. The van der Waals surface area contributed by atoms with E-state index in [0.717, 1.165) is 11.1 Å². The summed E-state index contributed by atoms with van der Waals surface area (Å²) in [5.41, 5.74) is 1.25. The third-order valence-corrected chi connectivity index (χ3v) is 4.91. The molecular weight excluding hydrogens is 298 g/mol. The molecule has 0 saturated heterocycles. The van der Waals surface area contributed by atoms with E-state index in [9.17, 15) is 9.90 Å². The van der Waals surface area contributed by atoms with Crippen molar-refractivity contribution in [3.8, 4) is 5.75 Å². The van der Waals surface area contributed by atoms with E-state index in [4.69, 9.17) is 0 Å². The molecule has 2 aromatic carbocycles. The molecule has 0 aliphatic heterocycles. The lowest BCUT2D eigenvalue weighted by atomic mass is 9.67. The lowest BCUT2D eigenvalue weighted by molar-refractivity contribution is -0.123. The van der Waals surface area contributed by atoms with Crippen LogP contribution in [0.4, 0.5) is 0 Å². The average Bonchev–Trinajstić information content (AvgIpc) is 2.60. The van der Waals surface area contributed by atoms with Gasteiger partial charge in [-0.1, -0.05) is 49.4 Å². The molecule has 0 bridgehead atoms. The van der Waals surface area contributed by atoms with E-state index in [0.29, 0.717) is 12.8 Å². The van der Waals surface area contributed by atoms with Gasteiger partial charge in [-0.2, -0.15) is 0 Å². The SMILES string of the molecule is CCC(=O)[C@@](C[C@H](C)N(C)C)(c1ccccc1)c1ccc(O)cc1. The number of phenolic OH excluding ortho intramolecular Hbond substituents is 1. The van der Waals surface area contributed by atoms with Crippen LogP contribution in [0.3, 0.4) is 0 Å². The fraction of sp³-hybridized carbons (Fsp3) is 0.381. The first-order chi connectivity index (χ1) is 11.4. The standard InChI is InChI=1S/C21H27NO2/c1-5-20(24)21(15-16(2)22(3)4,17-9-7-6-8-10-17)18-11-13-19(23)14-12-18/h6-14,16,23H,5,15H2,1-4H3/t16-,21-/m0/s1. The number of ketones is 1. The third-order valence-electron chi connectivity index (χ3n) is 4.91. The van der Waals surface area contributed by atoms with Crippen molar-refractivity contribution in [2.45, 2.75) is 38.1 Å². The number of hydrogen-bond acceptors (Lipinski definition) is 3. The second kappa shape index (κ2) is 7.63. The predicted molar refractivity (Wildman–Crippen MR) is 98.4 cm³/mol. The largest absolute Gasteiger partial charge is 0.508 e. The maximum Gasteiger partial charge on any atom is 0.147 e. The molecule has 0 spiro atoms. The second-order valence-corrected chi connectivity index (χ2v) is 6.61. The lowest BCUT2D eigenvalue weighted by Gasteiger charge is -2.37. The van der Waals surface area contributed by atoms with Gasteiger partial charge in [0.25, 0.3) is 0 Å². The Kier molecular flexibility index (Phi) is 5.79. The number of phenols is 1. The normalized spacial score (nSPS) is 15.0. The molecule has 1 N–H and O–H groups in total. The Morgan fingerprint density at radius 2 is 1.58 bits per heavy atom. The molecule has 0 aliphatic rings. The number of carbonyl (C=O) groups excluding carboxylic acids is 1. The molecule has 0 aromatic heterocycles. The van der Waals surface area contributed by atoms with Crippen LogP contribution in [-0.4, -0.2) is 35.9 Å². The molecule has 3 nitrogen and oxygen atoms in total. The molecule has 0 saturated carbocycles.